The summed E-state index contributed by atoms with van der Waals surface area (Å²) in [6.45, 7) is 7.65. The predicted octanol–water partition coefficient (Wildman–Crippen LogP) is -1.70. The zero-order chi connectivity index (χ0) is 38.3. The smallest absolute Gasteiger partial charge is 0.325 e. The molecule has 2 rings (SSSR count). The van der Waals surface area contributed by atoms with Crippen molar-refractivity contribution < 1.29 is 52.6 Å². The second-order valence-electron chi connectivity index (χ2n) is 13.1. The maximum absolute atomic E-state index is 13.7. The third-order valence-electron chi connectivity index (χ3n) is 8.17. The highest BCUT2D eigenvalue weighted by molar-refractivity contribution is 7.51. The fourth-order valence-electron chi connectivity index (χ4n) is 5.59. The molecule has 2 heterocycles. The number of aromatic nitrogens is 2. The number of carbonyl (C=O) groups is 6. The first-order valence-electron chi connectivity index (χ1n) is 16.8. The van der Waals surface area contributed by atoms with E-state index >= 15 is 0 Å². The van der Waals surface area contributed by atoms with Crippen molar-refractivity contribution in [3.8, 4) is 0 Å². The number of rotatable bonds is 22. The number of nitrogens with one attached hydrogen (secondary N) is 5. The first-order valence-corrected chi connectivity index (χ1v) is 18.6. The first kappa shape index (κ1) is 43.3. The lowest BCUT2D eigenvalue weighted by Gasteiger charge is -2.28. The standard InChI is InChI=1S/C31H53N8O11P/c1-18(2)13-22(37-31(45)24-7-6-9-39(24)25(40)8-10-50-12-11-49-5)30(44)36-23(14-21-15-33-17-34-21)29(43)35-20(4)28(42)38-26(27(32)41)19(3)16-51(46,47)48/h15,17-20,22-24,26H,6-14,16H2,1-5H3,(H2,32,41)(H,33,34)(H,35,43)(H,36,44)(H,37,45)(H,38,42)(H2,46,47,48)/t19-,20-,22-,23-,24-,26-/m0/s1. The van der Waals surface area contributed by atoms with Crippen molar-refractivity contribution in [2.75, 3.05) is 39.6 Å². The average molecular weight is 745 g/mol. The Balaban J connectivity index is 2.15. The van der Waals surface area contributed by atoms with Crippen LogP contribution in [0.3, 0.4) is 0 Å². The first-order chi connectivity index (χ1) is 23.9. The van der Waals surface area contributed by atoms with Gasteiger partial charge >= 0.3 is 7.60 Å². The maximum atomic E-state index is 13.7. The van der Waals surface area contributed by atoms with E-state index in [0.717, 1.165) is 0 Å². The van der Waals surface area contributed by atoms with Crippen LogP contribution in [0.25, 0.3) is 0 Å². The molecule has 0 unspecified atom stereocenters. The van der Waals surface area contributed by atoms with E-state index in [2.05, 4.69) is 31.2 Å². The molecular weight excluding hydrogens is 691 g/mol. The van der Waals surface area contributed by atoms with Crippen molar-refractivity contribution in [2.45, 2.75) is 90.0 Å². The van der Waals surface area contributed by atoms with Crippen LogP contribution in [0, 0.1) is 11.8 Å². The maximum Gasteiger partial charge on any atom is 0.325 e. The summed E-state index contributed by atoms with van der Waals surface area (Å²) in [5.74, 6) is -5.17. The molecule has 288 valence electrons. The highest BCUT2D eigenvalue weighted by Gasteiger charge is 2.37. The molecule has 0 saturated carbocycles. The number of H-pyrrole nitrogens is 1. The van der Waals surface area contributed by atoms with Crippen molar-refractivity contribution in [3.63, 3.8) is 0 Å². The lowest BCUT2D eigenvalue weighted by Crippen LogP contribution is -2.59. The molecular formula is C31H53N8O11P. The van der Waals surface area contributed by atoms with Gasteiger partial charge in [0, 0.05) is 32.0 Å². The Hall–Kier alpha value is -3.90. The highest BCUT2D eigenvalue weighted by atomic mass is 31.2. The van der Waals surface area contributed by atoms with Gasteiger partial charge in [-0.3, -0.25) is 33.3 Å². The normalized spacial score (nSPS) is 17.6. The van der Waals surface area contributed by atoms with Crippen LogP contribution in [0.4, 0.5) is 0 Å². The molecule has 1 aromatic heterocycles. The number of nitrogens with two attached hydrogens (primary N) is 1. The molecule has 1 aromatic rings. The topological polar surface area (TPSA) is 284 Å². The highest BCUT2D eigenvalue weighted by Crippen LogP contribution is 2.37. The summed E-state index contributed by atoms with van der Waals surface area (Å²) in [6, 6.07) is -5.83. The monoisotopic (exact) mass is 744 g/mol. The van der Waals surface area contributed by atoms with E-state index in [4.69, 9.17) is 15.2 Å². The van der Waals surface area contributed by atoms with Gasteiger partial charge in [-0.05, 0) is 38.0 Å². The molecule has 20 heteroatoms. The second-order valence-corrected chi connectivity index (χ2v) is 14.8. The van der Waals surface area contributed by atoms with Crippen LogP contribution in [0.5, 0.6) is 0 Å². The molecule has 1 saturated heterocycles. The number of hydrogen-bond donors (Lipinski definition) is 8. The Morgan fingerprint density at radius 3 is 2.27 bits per heavy atom. The third kappa shape index (κ3) is 15.1. The number of likely N-dealkylation sites (tertiary alicyclic amines) is 1. The van der Waals surface area contributed by atoms with E-state index < -0.39 is 79.4 Å². The summed E-state index contributed by atoms with van der Waals surface area (Å²) >= 11 is 0. The van der Waals surface area contributed by atoms with Gasteiger partial charge in [-0.1, -0.05) is 20.8 Å². The number of amides is 6. The van der Waals surface area contributed by atoms with Gasteiger partial charge in [0.25, 0.3) is 0 Å². The molecule has 0 aromatic carbocycles. The van der Waals surface area contributed by atoms with E-state index in [1.807, 2.05) is 13.8 Å². The SMILES string of the molecule is COCCOCCC(=O)N1CCC[C@H]1C(=O)N[C@@H](CC(C)C)C(=O)N[C@@H](Cc1cnc[nH]1)C(=O)N[C@@H](C)C(=O)N[C@H](C(N)=O)[C@@H](C)CP(=O)(O)O. The Morgan fingerprint density at radius 2 is 1.69 bits per heavy atom. The number of carbonyl (C=O) groups excluding carboxylic acids is 6. The van der Waals surface area contributed by atoms with E-state index in [-0.39, 0.29) is 37.7 Å². The quantitative estimate of drug-likeness (QED) is 0.0487. The molecule has 0 aliphatic carbocycles. The summed E-state index contributed by atoms with van der Waals surface area (Å²) in [7, 11) is -3.00. The fourth-order valence-corrected chi connectivity index (χ4v) is 6.55. The van der Waals surface area contributed by atoms with E-state index in [1.165, 1.54) is 31.3 Å². The van der Waals surface area contributed by atoms with Crippen LogP contribution >= 0.6 is 7.60 Å². The zero-order valence-electron chi connectivity index (χ0n) is 29.8. The van der Waals surface area contributed by atoms with Crippen LogP contribution in [0.1, 0.15) is 59.1 Å². The number of primary amides is 1. The minimum atomic E-state index is -4.54. The van der Waals surface area contributed by atoms with Crippen molar-refractivity contribution in [2.24, 2.45) is 17.6 Å². The summed E-state index contributed by atoms with van der Waals surface area (Å²) in [5.41, 5.74) is 5.84. The Morgan fingerprint density at radius 1 is 1.00 bits per heavy atom. The van der Waals surface area contributed by atoms with Crippen molar-refractivity contribution in [1.82, 2.24) is 36.1 Å². The number of nitrogens with zero attached hydrogens (tertiary/aromatic N) is 2. The Bertz CT molecular complexity index is 1370. The number of hydrogen-bond acceptors (Lipinski definition) is 10. The van der Waals surface area contributed by atoms with Gasteiger partial charge in [-0.25, -0.2) is 4.98 Å². The zero-order valence-corrected chi connectivity index (χ0v) is 30.6. The number of ether oxygens (including phenoxy) is 2. The van der Waals surface area contributed by atoms with Crippen LogP contribution in [0.2, 0.25) is 0 Å². The largest absolute Gasteiger partial charge is 0.382 e. The molecule has 6 atom stereocenters. The summed E-state index contributed by atoms with van der Waals surface area (Å²) < 4.78 is 21.8. The molecule has 0 bridgehead atoms. The summed E-state index contributed by atoms with van der Waals surface area (Å²) in [4.78, 5) is 105. The molecule has 0 radical (unpaired) electrons. The average Bonchev–Trinajstić information content (AvgIpc) is 3.74. The van der Waals surface area contributed by atoms with Crippen LogP contribution in [-0.4, -0.2) is 130 Å². The third-order valence-corrected chi connectivity index (χ3v) is 9.22. The Kier molecular flexibility index (Phi) is 17.7. The predicted molar refractivity (Wildman–Crippen MR) is 182 cm³/mol. The minimum absolute atomic E-state index is 0.0543. The van der Waals surface area contributed by atoms with Gasteiger partial charge in [0.15, 0.2) is 0 Å². The van der Waals surface area contributed by atoms with E-state index in [9.17, 15) is 43.1 Å². The van der Waals surface area contributed by atoms with Gasteiger partial charge in [-0.2, -0.15) is 0 Å². The molecule has 1 aliphatic heterocycles. The number of methoxy groups -OCH3 is 1. The lowest BCUT2D eigenvalue weighted by atomic mass is 10.0. The van der Waals surface area contributed by atoms with Crippen molar-refractivity contribution in [3.05, 3.63) is 18.2 Å². The summed E-state index contributed by atoms with van der Waals surface area (Å²) in [6.07, 6.45) is 3.36. The van der Waals surface area contributed by atoms with Crippen LogP contribution in [0.15, 0.2) is 12.5 Å². The van der Waals surface area contributed by atoms with Gasteiger partial charge in [0.05, 0.1) is 38.7 Å². The van der Waals surface area contributed by atoms with E-state index in [1.54, 1.807) is 7.11 Å². The van der Waals surface area contributed by atoms with Crippen molar-refractivity contribution >= 4 is 43.0 Å². The Labute approximate surface area is 297 Å². The molecule has 9 N–H and O–H groups in total. The van der Waals surface area contributed by atoms with E-state index in [0.29, 0.717) is 38.3 Å². The van der Waals surface area contributed by atoms with Gasteiger partial charge < -0.3 is 56.1 Å². The molecule has 1 aliphatic rings. The molecule has 0 spiro atoms. The van der Waals surface area contributed by atoms with Crippen LogP contribution in [-0.2, 0) is 49.2 Å². The molecule has 51 heavy (non-hydrogen) atoms. The van der Waals surface area contributed by atoms with Gasteiger partial charge in [-0.15, -0.1) is 0 Å². The summed E-state index contributed by atoms with van der Waals surface area (Å²) in [5, 5.41) is 10.3. The number of aromatic amines is 1. The molecule has 19 nitrogen and oxygen atoms in total. The minimum Gasteiger partial charge on any atom is -0.382 e. The molecule has 1 fully saturated rings. The molecule has 6 amide bonds. The second kappa shape index (κ2) is 20.8. The van der Waals surface area contributed by atoms with Gasteiger partial charge in [0.1, 0.15) is 30.2 Å². The van der Waals surface area contributed by atoms with Crippen molar-refractivity contribution in [1.29, 1.82) is 0 Å². The fraction of sp³-hybridized carbons (Fsp3) is 0.710. The van der Waals surface area contributed by atoms with Crippen LogP contribution < -0.4 is 27.0 Å². The lowest BCUT2D eigenvalue weighted by molar-refractivity contribution is -0.140. The van der Waals surface area contributed by atoms with Gasteiger partial charge in [0.2, 0.25) is 35.4 Å². The number of imidazole rings is 1.